The summed E-state index contributed by atoms with van der Waals surface area (Å²) in [7, 11) is 0. The van der Waals surface area contributed by atoms with E-state index >= 15 is 0 Å². The van der Waals surface area contributed by atoms with Crippen molar-refractivity contribution >= 4 is 23.3 Å². The molecule has 0 bridgehead atoms. The van der Waals surface area contributed by atoms with Crippen LogP contribution in [0.15, 0.2) is 36.4 Å². The highest BCUT2D eigenvalue weighted by molar-refractivity contribution is 5.96. The van der Waals surface area contributed by atoms with E-state index in [2.05, 4.69) is 5.32 Å². The number of non-ortho nitro benzene ring substituents is 1. The molecule has 2 rings (SSSR count). The summed E-state index contributed by atoms with van der Waals surface area (Å²) in [6.07, 6.45) is 0. The van der Waals surface area contributed by atoms with Gasteiger partial charge in [-0.2, -0.15) is 5.26 Å². The van der Waals surface area contributed by atoms with E-state index in [0.717, 1.165) is 23.3 Å². The summed E-state index contributed by atoms with van der Waals surface area (Å²) in [4.78, 5) is 34.0. The molecule has 0 spiro atoms. The lowest BCUT2D eigenvalue weighted by Crippen LogP contribution is -2.21. The van der Waals surface area contributed by atoms with Crippen LogP contribution in [0.5, 0.6) is 0 Å². The molecule has 8 nitrogen and oxygen atoms in total. The third kappa shape index (κ3) is 4.64. The number of hydrogen-bond acceptors (Lipinski definition) is 6. The number of esters is 1. The van der Waals surface area contributed by atoms with Gasteiger partial charge >= 0.3 is 5.97 Å². The molecule has 0 aliphatic rings. The largest absolute Gasteiger partial charge is 0.452 e. The monoisotopic (exact) mass is 353 g/mol. The van der Waals surface area contributed by atoms with Gasteiger partial charge in [-0.1, -0.05) is 17.2 Å². The molecular formula is C18H15N3O5. The van der Waals surface area contributed by atoms with Gasteiger partial charge in [0.15, 0.2) is 6.61 Å². The number of ether oxygens (including phenoxy) is 1. The molecule has 26 heavy (non-hydrogen) atoms. The maximum absolute atomic E-state index is 12.0. The van der Waals surface area contributed by atoms with Crippen LogP contribution < -0.4 is 5.32 Å². The highest BCUT2D eigenvalue weighted by atomic mass is 16.6. The Kier molecular flexibility index (Phi) is 5.65. The van der Waals surface area contributed by atoms with Gasteiger partial charge in [0, 0.05) is 12.1 Å². The molecule has 0 fully saturated rings. The van der Waals surface area contributed by atoms with Gasteiger partial charge in [-0.25, -0.2) is 4.79 Å². The highest BCUT2D eigenvalue weighted by Gasteiger charge is 2.15. The zero-order valence-corrected chi connectivity index (χ0v) is 14.1. The van der Waals surface area contributed by atoms with E-state index in [1.165, 1.54) is 6.07 Å². The lowest BCUT2D eigenvalue weighted by atomic mass is 10.1. The second kappa shape index (κ2) is 7.90. The maximum Gasteiger partial charge on any atom is 0.338 e. The number of nitriles is 1. The van der Waals surface area contributed by atoms with Crippen LogP contribution in [0.1, 0.15) is 27.0 Å². The lowest BCUT2D eigenvalue weighted by molar-refractivity contribution is -0.384. The van der Waals surface area contributed by atoms with Crippen LogP contribution in [0.25, 0.3) is 0 Å². The molecular weight excluding hydrogens is 338 g/mol. The van der Waals surface area contributed by atoms with Crippen molar-refractivity contribution in [3.05, 3.63) is 68.8 Å². The first-order valence-electron chi connectivity index (χ1n) is 7.54. The van der Waals surface area contributed by atoms with Gasteiger partial charge in [0.1, 0.15) is 6.07 Å². The Morgan fingerprint density at radius 3 is 2.42 bits per heavy atom. The number of nitrogens with one attached hydrogen (secondary N) is 1. The smallest absolute Gasteiger partial charge is 0.338 e. The Bertz CT molecular complexity index is 911. The highest BCUT2D eigenvalue weighted by Crippen LogP contribution is 2.21. The number of benzene rings is 2. The SMILES string of the molecule is Cc1cc(C)cc(C(=O)OCC(=O)Nc2ccc([N+](=O)[O-])cc2C#N)c1. The summed E-state index contributed by atoms with van der Waals surface area (Å²) in [5.41, 5.74) is 1.90. The van der Waals surface area contributed by atoms with E-state index in [1.807, 2.05) is 19.9 Å². The molecule has 0 unspecified atom stereocenters. The summed E-state index contributed by atoms with van der Waals surface area (Å²) < 4.78 is 4.97. The number of carbonyl (C=O) groups is 2. The average molecular weight is 353 g/mol. The van der Waals surface area contributed by atoms with Crippen LogP contribution in [0, 0.1) is 35.3 Å². The van der Waals surface area contributed by atoms with E-state index in [1.54, 1.807) is 18.2 Å². The zero-order valence-electron chi connectivity index (χ0n) is 14.1. The van der Waals surface area contributed by atoms with Crippen LogP contribution >= 0.6 is 0 Å². The van der Waals surface area contributed by atoms with Crippen molar-refractivity contribution in [1.29, 1.82) is 5.26 Å². The van der Waals surface area contributed by atoms with E-state index < -0.39 is 23.4 Å². The Hall–Kier alpha value is -3.73. The van der Waals surface area contributed by atoms with E-state index in [0.29, 0.717) is 5.56 Å². The Morgan fingerprint density at radius 1 is 1.19 bits per heavy atom. The topological polar surface area (TPSA) is 122 Å². The lowest BCUT2D eigenvalue weighted by Gasteiger charge is -2.08. The minimum Gasteiger partial charge on any atom is -0.452 e. The van der Waals surface area contributed by atoms with Crippen LogP contribution in [-0.2, 0) is 9.53 Å². The molecule has 1 amide bonds. The summed E-state index contributed by atoms with van der Waals surface area (Å²) in [6, 6.07) is 10.4. The van der Waals surface area contributed by atoms with E-state index in [4.69, 9.17) is 10.00 Å². The fraction of sp³-hybridized carbons (Fsp3) is 0.167. The molecule has 2 aromatic carbocycles. The quantitative estimate of drug-likeness (QED) is 0.501. The minimum atomic E-state index is -0.659. The standard InChI is InChI=1S/C18H15N3O5/c1-11-5-12(2)7-13(6-11)18(23)26-10-17(22)20-16-4-3-15(21(24)25)8-14(16)9-19/h3-8H,10H2,1-2H3,(H,20,22). The first-order chi connectivity index (χ1) is 12.3. The van der Waals surface area contributed by atoms with Gasteiger partial charge in [-0.3, -0.25) is 14.9 Å². The summed E-state index contributed by atoms with van der Waals surface area (Å²) in [5.74, 6) is -1.30. The molecule has 0 saturated carbocycles. The molecule has 0 radical (unpaired) electrons. The van der Waals surface area contributed by atoms with Gasteiger partial charge < -0.3 is 10.1 Å². The fourth-order valence-corrected chi connectivity index (χ4v) is 2.34. The normalized spacial score (nSPS) is 9.88. The molecule has 0 atom stereocenters. The van der Waals surface area contributed by atoms with Crippen LogP contribution in [0.3, 0.4) is 0 Å². The minimum absolute atomic E-state index is 0.0619. The average Bonchev–Trinajstić information content (AvgIpc) is 2.58. The predicted molar refractivity (Wildman–Crippen MR) is 92.6 cm³/mol. The molecule has 1 N–H and O–H groups in total. The molecule has 8 heteroatoms. The van der Waals surface area contributed by atoms with Crippen molar-refractivity contribution in [3.63, 3.8) is 0 Å². The number of nitrogens with zero attached hydrogens (tertiary/aromatic N) is 2. The summed E-state index contributed by atoms with van der Waals surface area (Å²) in [6.45, 7) is 3.14. The number of hydrogen-bond donors (Lipinski definition) is 1. The van der Waals surface area contributed by atoms with Gasteiger partial charge in [0.2, 0.25) is 0 Å². The Morgan fingerprint density at radius 2 is 1.85 bits per heavy atom. The Balaban J connectivity index is 2.02. The number of aryl methyl sites for hydroxylation is 2. The van der Waals surface area contributed by atoms with Crippen molar-refractivity contribution in [2.75, 3.05) is 11.9 Å². The molecule has 132 valence electrons. The molecule has 0 aromatic heterocycles. The van der Waals surface area contributed by atoms with Crippen molar-refractivity contribution in [2.45, 2.75) is 13.8 Å². The fourth-order valence-electron chi connectivity index (χ4n) is 2.34. The number of anilines is 1. The number of carbonyl (C=O) groups excluding carboxylic acids is 2. The molecule has 0 aliphatic carbocycles. The van der Waals surface area contributed by atoms with Gasteiger partial charge in [0.05, 0.1) is 21.7 Å². The third-order valence-corrected chi connectivity index (χ3v) is 3.40. The summed E-state index contributed by atoms with van der Waals surface area (Å²) in [5, 5.41) is 22.2. The third-order valence-electron chi connectivity index (χ3n) is 3.40. The number of nitro benzene ring substituents is 1. The predicted octanol–water partition coefficient (Wildman–Crippen LogP) is 2.88. The molecule has 2 aromatic rings. The van der Waals surface area contributed by atoms with E-state index in [-0.39, 0.29) is 16.9 Å². The molecule has 0 aliphatic heterocycles. The van der Waals surface area contributed by atoms with Crippen molar-refractivity contribution in [1.82, 2.24) is 0 Å². The Labute approximate surface area is 149 Å². The van der Waals surface area contributed by atoms with Crippen molar-refractivity contribution < 1.29 is 19.2 Å². The van der Waals surface area contributed by atoms with Crippen LogP contribution in [-0.4, -0.2) is 23.4 Å². The van der Waals surface area contributed by atoms with Crippen LogP contribution in [0.4, 0.5) is 11.4 Å². The number of amides is 1. The second-order valence-electron chi connectivity index (χ2n) is 5.60. The van der Waals surface area contributed by atoms with Crippen molar-refractivity contribution in [2.24, 2.45) is 0 Å². The van der Waals surface area contributed by atoms with Gasteiger partial charge in [0.25, 0.3) is 11.6 Å². The summed E-state index contributed by atoms with van der Waals surface area (Å²) >= 11 is 0. The molecule has 0 saturated heterocycles. The van der Waals surface area contributed by atoms with Crippen LogP contribution in [0.2, 0.25) is 0 Å². The second-order valence-corrected chi connectivity index (χ2v) is 5.60. The number of nitro groups is 1. The van der Waals surface area contributed by atoms with Crippen molar-refractivity contribution in [3.8, 4) is 6.07 Å². The first kappa shape index (κ1) is 18.6. The molecule has 0 heterocycles. The zero-order chi connectivity index (χ0) is 19.3. The van der Waals surface area contributed by atoms with E-state index in [9.17, 15) is 19.7 Å². The van der Waals surface area contributed by atoms with Gasteiger partial charge in [-0.15, -0.1) is 0 Å². The van der Waals surface area contributed by atoms with Gasteiger partial charge in [-0.05, 0) is 32.0 Å². The number of rotatable bonds is 5. The first-order valence-corrected chi connectivity index (χ1v) is 7.54. The maximum atomic E-state index is 12.0.